The van der Waals surface area contributed by atoms with Gasteiger partial charge in [-0.3, -0.25) is 4.79 Å². The number of alkyl halides is 3. The summed E-state index contributed by atoms with van der Waals surface area (Å²) in [6, 6.07) is 2.61. The number of amides is 1. The van der Waals surface area contributed by atoms with Gasteiger partial charge < -0.3 is 10.1 Å². The second kappa shape index (κ2) is 6.11. The van der Waals surface area contributed by atoms with E-state index in [1.54, 1.807) is 0 Å². The third-order valence-corrected chi connectivity index (χ3v) is 2.72. The Bertz CT molecular complexity index is 456. The van der Waals surface area contributed by atoms with Crippen LogP contribution in [0.2, 0.25) is 0 Å². The summed E-state index contributed by atoms with van der Waals surface area (Å²) in [5, 5.41) is 2.80. The molecular weight excluding hydrogens is 273 g/mol. The van der Waals surface area contributed by atoms with Crippen LogP contribution in [0.25, 0.3) is 0 Å². The van der Waals surface area contributed by atoms with Gasteiger partial charge in [0.25, 0.3) is 5.91 Å². The lowest BCUT2D eigenvalue weighted by Crippen LogP contribution is -2.42. The summed E-state index contributed by atoms with van der Waals surface area (Å²) < 4.78 is 40.3. The van der Waals surface area contributed by atoms with Gasteiger partial charge in [-0.15, -0.1) is 0 Å². The van der Waals surface area contributed by atoms with Crippen LogP contribution in [0.4, 0.5) is 13.2 Å². The molecule has 0 fully saturated rings. The third-order valence-electron chi connectivity index (χ3n) is 2.72. The van der Waals surface area contributed by atoms with E-state index in [4.69, 9.17) is 0 Å². The van der Waals surface area contributed by atoms with Gasteiger partial charge in [0.1, 0.15) is 0 Å². The van der Waals surface area contributed by atoms with Crippen molar-refractivity contribution in [3.05, 3.63) is 23.9 Å². The van der Waals surface area contributed by atoms with Crippen LogP contribution in [0.5, 0.6) is 5.88 Å². The summed E-state index contributed by atoms with van der Waals surface area (Å²) >= 11 is 0. The lowest BCUT2D eigenvalue weighted by Gasteiger charge is -2.24. The maximum atomic E-state index is 12.0. The van der Waals surface area contributed by atoms with Crippen molar-refractivity contribution in [1.29, 1.82) is 0 Å². The molecular formula is C13H17F3N2O2. The van der Waals surface area contributed by atoms with Crippen molar-refractivity contribution < 1.29 is 22.7 Å². The Labute approximate surface area is 115 Å². The summed E-state index contributed by atoms with van der Waals surface area (Å²) in [5.74, 6) is -0.500. The van der Waals surface area contributed by atoms with Crippen LogP contribution in [0, 0.1) is 0 Å². The van der Waals surface area contributed by atoms with Crippen LogP contribution in [0.15, 0.2) is 18.3 Å². The topological polar surface area (TPSA) is 51.2 Å². The molecule has 0 saturated carbocycles. The zero-order valence-electron chi connectivity index (χ0n) is 11.5. The van der Waals surface area contributed by atoms with E-state index in [1.807, 2.05) is 20.8 Å². The molecule has 0 radical (unpaired) electrons. The highest BCUT2D eigenvalue weighted by Gasteiger charge is 2.28. The van der Waals surface area contributed by atoms with Gasteiger partial charge in [0.2, 0.25) is 5.88 Å². The molecule has 112 valence electrons. The van der Waals surface area contributed by atoms with Gasteiger partial charge in [-0.05, 0) is 26.3 Å². The molecule has 0 aliphatic carbocycles. The first-order chi connectivity index (χ1) is 9.13. The zero-order chi connectivity index (χ0) is 15.4. The fourth-order valence-electron chi connectivity index (χ4n) is 1.22. The van der Waals surface area contributed by atoms with Crippen molar-refractivity contribution in [3.8, 4) is 5.88 Å². The van der Waals surface area contributed by atoms with Gasteiger partial charge in [0.15, 0.2) is 6.61 Å². The number of nitrogens with one attached hydrogen (secondary N) is 1. The standard InChI is InChI=1S/C13H17F3N2O2/c1-4-12(2,3)18-11(19)9-5-6-10(17-7-9)20-8-13(14,15)16/h5-7H,4,8H2,1-3H3,(H,18,19). The number of hydrogen-bond acceptors (Lipinski definition) is 3. The maximum Gasteiger partial charge on any atom is 0.422 e. The number of pyridine rings is 1. The Balaban J connectivity index is 2.64. The van der Waals surface area contributed by atoms with Crippen LogP contribution in [0.3, 0.4) is 0 Å². The van der Waals surface area contributed by atoms with E-state index in [1.165, 1.54) is 18.3 Å². The third kappa shape index (κ3) is 5.46. The molecule has 4 nitrogen and oxygen atoms in total. The SMILES string of the molecule is CCC(C)(C)NC(=O)c1ccc(OCC(F)(F)F)nc1. The van der Waals surface area contributed by atoms with Crippen LogP contribution in [0.1, 0.15) is 37.6 Å². The second-order valence-corrected chi connectivity index (χ2v) is 4.98. The van der Waals surface area contributed by atoms with E-state index < -0.39 is 12.8 Å². The lowest BCUT2D eigenvalue weighted by molar-refractivity contribution is -0.154. The summed E-state index contributed by atoms with van der Waals surface area (Å²) in [5.41, 5.74) is -0.0893. The average molecular weight is 290 g/mol. The number of carbonyl (C=O) groups excluding carboxylic acids is 1. The molecule has 1 aromatic rings. The van der Waals surface area contributed by atoms with Gasteiger partial charge in [-0.25, -0.2) is 4.98 Å². The highest BCUT2D eigenvalue weighted by atomic mass is 19.4. The quantitative estimate of drug-likeness (QED) is 0.907. The minimum Gasteiger partial charge on any atom is -0.468 e. The molecule has 0 atom stereocenters. The number of aromatic nitrogens is 1. The van der Waals surface area contributed by atoms with E-state index >= 15 is 0 Å². The number of nitrogens with zero attached hydrogens (tertiary/aromatic N) is 1. The number of rotatable bonds is 5. The number of halogens is 3. The van der Waals surface area contributed by atoms with Crippen LogP contribution in [-0.4, -0.2) is 29.2 Å². The van der Waals surface area contributed by atoms with Crippen molar-refractivity contribution in [2.45, 2.75) is 38.9 Å². The Hall–Kier alpha value is -1.79. The molecule has 0 aromatic carbocycles. The molecule has 0 unspecified atom stereocenters. The smallest absolute Gasteiger partial charge is 0.422 e. The molecule has 0 aliphatic heterocycles. The minimum atomic E-state index is -4.41. The Morgan fingerprint density at radius 1 is 1.35 bits per heavy atom. The Morgan fingerprint density at radius 2 is 2.00 bits per heavy atom. The van der Waals surface area contributed by atoms with Gasteiger partial charge in [-0.2, -0.15) is 13.2 Å². The molecule has 1 amide bonds. The molecule has 0 bridgehead atoms. The number of hydrogen-bond donors (Lipinski definition) is 1. The first kappa shape index (κ1) is 16.3. The van der Waals surface area contributed by atoms with Gasteiger partial charge >= 0.3 is 6.18 Å². The highest BCUT2D eigenvalue weighted by molar-refractivity contribution is 5.94. The van der Waals surface area contributed by atoms with Crippen LogP contribution >= 0.6 is 0 Å². The Morgan fingerprint density at radius 3 is 2.45 bits per heavy atom. The zero-order valence-corrected chi connectivity index (χ0v) is 11.5. The van der Waals surface area contributed by atoms with Crippen molar-refractivity contribution >= 4 is 5.91 Å². The van der Waals surface area contributed by atoms with E-state index in [-0.39, 0.29) is 22.9 Å². The monoisotopic (exact) mass is 290 g/mol. The van der Waals surface area contributed by atoms with Crippen molar-refractivity contribution in [2.75, 3.05) is 6.61 Å². The molecule has 0 aliphatic rings. The molecule has 1 rings (SSSR count). The van der Waals surface area contributed by atoms with Crippen molar-refractivity contribution in [3.63, 3.8) is 0 Å². The first-order valence-corrected chi connectivity index (χ1v) is 6.11. The lowest BCUT2D eigenvalue weighted by atomic mass is 10.0. The minimum absolute atomic E-state index is 0.173. The van der Waals surface area contributed by atoms with E-state index in [0.717, 1.165) is 6.42 Å². The molecule has 7 heteroatoms. The molecule has 0 saturated heterocycles. The van der Waals surface area contributed by atoms with E-state index in [9.17, 15) is 18.0 Å². The predicted molar refractivity (Wildman–Crippen MR) is 67.6 cm³/mol. The molecule has 1 N–H and O–H groups in total. The summed E-state index contributed by atoms with van der Waals surface area (Å²) in [7, 11) is 0. The largest absolute Gasteiger partial charge is 0.468 e. The normalized spacial score (nSPS) is 12.1. The molecule has 1 aromatic heterocycles. The van der Waals surface area contributed by atoms with Gasteiger partial charge in [0.05, 0.1) is 5.56 Å². The summed E-state index contributed by atoms with van der Waals surface area (Å²) in [6.07, 6.45) is -2.48. The Kier molecular flexibility index (Phi) is 4.97. The molecule has 0 spiro atoms. The fraction of sp³-hybridized carbons (Fsp3) is 0.538. The second-order valence-electron chi connectivity index (χ2n) is 4.98. The van der Waals surface area contributed by atoms with Crippen molar-refractivity contribution in [1.82, 2.24) is 10.3 Å². The summed E-state index contributed by atoms with van der Waals surface area (Å²) in [6.45, 7) is 4.28. The van der Waals surface area contributed by atoms with Gasteiger partial charge in [0, 0.05) is 17.8 Å². The first-order valence-electron chi connectivity index (χ1n) is 6.11. The fourth-order valence-corrected chi connectivity index (χ4v) is 1.22. The van der Waals surface area contributed by atoms with Gasteiger partial charge in [-0.1, -0.05) is 6.92 Å². The predicted octanol–water partition coefficient (Wildman–Crippen LogP) is 2.94. The van der Waals surface area contributed by atoms with E-state index in [0.29, 0.717) is 0 Å². The molecule has 20 heavy (non-hydrogen) atoms. The maximum absolute atomic E-state index is 12.0. The van der Waals surface area contributed by atoms with Crippen LogP contribution in [-0.2, 0) is 0 Å². The van der Waals surface area contributed by atoms with Crippen LogP contribution < -0.4 is 10.1 Å². The highest BCUT2D eigenvalue weighted by Crippen LogP contribution is 2.17. The van der Waals surface area contributed by atoms with E-state index in [2.05, 4.69) is 15.0 Å². The average Bonchev–Trinajstić information content (AvgIpc) is 2.35. The molecule has 1 heterocycles. The number of ether oxygens (including phenoxy) is 1. The number of carbonyl (C=O) groups is 1. The summed E-state index contributed by atoms with van der Waals surface area (Å²) in [4.78, 5) is 15.6. The van der Waals surface area contributed by atoms with Crippen molar-refractivity contribution in [2.24, 2.45) is 0 Å².